The van der Waals surface area contributed by atoms with Crippen LogP contribution in [0, 0.1) is 18.8 Å². The minimum atomic E-state index is -0.111. The summed E-state index contributed by atoms with van der Waals surface area (Å²) in [6, 6.07) is 10.0. The molecule has 0 unspecified atom stereocenters. The summed E-state index contributed by atoms with van der Waals surface area (Å²) in [5.41, 5.74) is 1.01. The van der Waals surface area contributed by atoms with Gasteiger partial charge >= 0.3 is 0 Å². The predicted molar refractivity (Wildman–Crippen MR) is 127 cm³/mol. The van der Waals surface area contributed by atoms with Gasteiger partial charge in [-0.3, -0.25) is 0 Å². The van der Waals surface area contributed by atoms with Gasteiger partial charge in [0.15, 0.2) is 11.9 Å². The second-order valence-corrected chi connectivity index (χ2v) is 9.85. The van der Waals surface area contributed by atoms with E-state index in [2.05, 4.69) is 26.3 Å². The van der Waals surface area contributed by atoms with E-state index in [0.717, 1.165) is 61.5 Å². The normalized spacial score (nSPS) is 26.2. The minimum absolute atomic E-state index is 0.111. The summed E-state index contributed by atoms with van der Waals surface area (Å²) in [4.78, 5) is 16.0. The fourth-order valence-electron chi connectivity index (χ4n) is 5.60. The maximum atomic E-state index is 6.24. The highest BCUT2D eigenvalue weighted by Crippen LogP contribution is 2.40. The largest absolute Gasteiger partial charge is 0.482 e. The summed E-state index contributed by atoms with van der Waals surface area (Å²) in [5.74, 6) is 4.53. The van der Waals surface area contributed by atoms with Gasteiger partial charge < -0.3 is 15.0 Å². The van der Waals surface area contributed by atoms with E-state index in [9.17, 15) is 0 Å². The Morgan fingerprint density at radius 3 is 2.73 bits per heavy atom. The van der Waals surface area contributed by atoms with Gasteiger partial charge in [0.05, 0.1) is 0 Å². The Bertz CT molecular complexity index is 1140. The van der Waals surface area contributed by atoms with E-state index in [1.165, 1.54) is 12.8 Å². The van der Waals surface area contributed by atoms with Crippen LogP contribution in [0.2, 0.25) is 5.02 Å². The van der Waals surface area contributed by atoms with E-state index in [-0.39, 0.29) is 6.10 Å². The van der Waals surface area contributed by atoms with Gasteiger partial charge in [0.2, 0.25) is 5.95 Å². The summed E-state index contributed by atoms with van der Waals surface area (Å²) in [5, 5.41) is 9.16. The van der Waals surface area contributed by atoms with Crippen LogP contribution in [-0.4, -0.2) is 43.9 Å². The van der Waals surface area contributed by atoms with E-state index in [1.807, 2.05) is 35.9 Å². The molecule has 8 nitrogen and oxygen atoms in total. The molecule has 2 bridgehead atoms. The molecule has 172 valence electrons. The van der Waals surface area contributed by atoms with Crippen LogP contribution in [0.15, 0.2) is 36.7 Å². The van der Waals surface area contributed by atoms with Crippen LogP contribution >= 0.6 is 11.6 Å². The van der Waals surface area contributed by atoms with Crippen LogP contribution in [-0.2, 0) is 6.54 Å². The predicted octanol–water partition coefficient (Wildman–Crippen LogP) is 4.27. The molecule has 6 rings (SSSR count). The van der Waals surface area contributed by atoms with Crippen LogP contribution in [0.4, 0.5) is 11.8 Å². The summed E-state index contributed by atoms with van der Waals surface area (Å²) < 4.78 is 8.24. The van der Waals surface area contributed by atoms with Gasteiger partial charge in [-0.25, -0.2) is 14.6 Å². The highest BCUT2D eigenvalue weighted by Gasteiger charge is 2.43. The van der Waals surface area contributed by atoms with Crippen LogP contribution in [0.1, 0.15) is 43.3 Å². The van der Waals surface area contributed by atoms with Crippen molar-refractivity contribution in [3.05, 3.63) is 53.2 Å². The molecule has 9 heteroatoms. The van der Waals surface area contributed by atoms with Crippen molar-refractivity contribution in [2.24, 2.45) is 11.8 Å². The number of nitrogens with zero attached hydrogens (tertiary/aromatic N) is 6. The molecule has 3 aliphatic rings. The molecule has 2 aromatic heterocycles. The van der Waals surface area contributed by atoms with Crippen LogP contribution in [0.25, 0.3) is 0 Å². The van der Waals surface area contributed by atoms with Gasteiger partial charge in [0, 0.05) is 42.5 Å². The molecule has 0 spiro atoms. The Morgan fingerprint density at radius 1 is 1.09 bits per heavy atom. The number of piperidine rings is 1. The molecule has 3 aromatic rings. The number of rotatable bonds is 5. The Kier molecular flexibility index (Phi) is 5.32. The van der Waals surface area contributed by atoms with Gasteiger partial charge in [0.25, 0.3) is 0 Å². The third-order valence-electron chi connectivity index (χ3n) is 7.14. The van der Waals surface area contributed by atoms with Crippen LogP contribution in [0.5, 0.6) is 5.75 Å². The van der Waals surface area contributed by atoms with Crippen molar-refractivity contribution in [2.45, 2.75) is 51.3 Å². The number of aromatic nitrogens is 5. The molecule has 0 radical (unpaired) electrons. The first-order valence-corrected chi connectivity index (χ1v) is 12.2. The number of fused-ring (bicyclic) bond motifs is 3. The summed E-state index contributed by atoms with van der Waals surface area (Å²) >= 11 is 6.13. The standard InChI is InChI=1S/C24H28ClN7O/c1-15-10-21(27-14-26-15)31-12-16-7-8-17(13-31)22(16)28-24-29-23-20(6-3-9-32(23)30-24)33-19-5-2-4-18(25)11-19/h2,4-5,10-11,14,16-17,20,22H,3,6-9,12-13H2,1H3,(H,28,30)/t16-,17+,20-,22-/m0/s1. The van der Waals surface area contributed by atoms with E-state index in [1.54, 1.807) is 6.33 Å². The molecule has 4 atom stereocenters. The number of aryl methyl sites for hydroxylation is 2. The van der Waals surface area contributed by atoms with Crippen LogP contribution in [0.3, 0.4) is 0 Å². The van der Waals surface area contributed by atoms with Crippen molar-refractivity contribution >= 4 is 23.4 Å². The van der Waals surface area contributed by atoms with Crippen molar-refractivity contribution in [3.63, 3.8) is 0 Å². The van der Waals surface area contributed by atoms with E-state index < -0.39 is 0 Å². The fourth-order valence-corrected chi connectivity index (χ4v) is 5.78. The molecule has 4 heterocycles. The highest BCUT2D eigenvalue weighted by atomic mass is 35.5. The van der Waals surface area contributed by atoms with Crippen molar-refractivity contribution in [1.29, 1.82) is 0 Å². The molecule has 2 fully saturated rings. The first kappa shape index (κ1) is 20.7. The SMILES string of the molecule is Cc1cc(N2C[C@H]3CC[C@@H](C2)[C@@H]3Nc2nc3n(n2)CCC[C@@H]3Oc2cccc(Cl)c2)ncn1. The zero-order valence-corrected chi connectivity index (χ0v) is 19.4. The summed E-state index contributed by atoms with van der Waals surface area (Å²) in [6.45, 7) is 4.89. The molecule has 0 amide bonds. The second-order valence-electron chi connectivity index (χ2n) is 9.41. The average molecular weight is 466 g/mol. The molecular weight excluding hydrogens is 438 g/mol. The number of hydrogen-bond donors (Lipinski definition) is 1. The van der Waals surface area contributed by atoms with Crippen molar-refractivity contribution in [1.82, 2.24) is 24.7 Å². The van der Waals surface area contributed by atoms with Gasteiger partial charge in [-0.15, -0.1) is 5.10 Å². The number of ether oxygens (including phenoxy) is 1. The first-order valence-electron chi connectivity index (χ1n) is 11.8. The lowest BCUT2D eigenvalue weighted by molar-refractivity contribution is 0.155. The van der Waals surface area contributed by atoms with E-state index in [0.29, 0.717) is 22.9 Å². The Morgan fingerprint density at radius 2 is 1.94 bits per heavy atom. The van der Waals surface area contributed by atoms with Gasteiger partial charge in [0.1, 0.15) is 17.9 Å². The molecule has 1 aromatic carbocycles. The Labute approximate surface area is 198 Å². The molecular formula is C24H28ClN7O. The number of hydrogen-bond acceptors (Lipinski definition) is 7. The second kappa shape index (κ2) is 8.48. The fraction of sp³-hybridized carbons (Fsp3) is 0.500. The lowest BCUT2D eigenvalue weighted by Crippen LogP contribution is -2.48. The molecule has 33 heavy (non-hydrogen) atoms. The zero-order chi connectivity index (χ0) is 22.4. The highest BCUT2D eigenvalue weighted by molar-refractivity contribution is 6.30. The number of nitrogens with one attached hydrogen (secondary N) is 1. The van der Waals surface area contributed by atoms with Crippen molar-refractivity contribution < 1.29 is 4.74 Å². The lowest BCUT2D eigenvalue weighted by Gasteiger charge is -2.38. The van der Waals surface area contributed by atoms with Gasteiger partial charge in [-0.1, -0.05) is 17.7 Å². The monoisotopic (exact) mass is 465 g/mol. The average Bonchev–Trinajstić information content (AvgIpc) is 3.31. The summed E-state index contributed by atoms with van der Waals surface area (Å²) in [6.07, 6.45) is 5.93. The Hall–Kier alpha value is -2.87. The van der Waals surface area contributed by atoms with Gasteiger partial charge in [-0.2, -0.15) is 4.98 Å². The summed E-state index contributed by atoms with van der Waals surface area (Å²) in [7, 11) is 0. The quantitative estimate of drug-likeness (QED) is 0.602. The zero-order valence-electron chi connectivity index (χ0n) is 18.7. The topological polar surface area (TPSA) is 81.0 Å². The van der Waals surface area contributed by atoms with Gasteiger partial charge in [-0.05, 0) is 62.6 Å². The molecule has 1 saturated carbocycles. The Balaban J connectivity index is 1.17. The van der Waals surface area contributed by atoms with Crippen LogP contribution < -0.4 is 15.0 Å². The lowest BCUT2D eigenvalue weighted by atomic mass is 9.92. The third-order valence-corrected chi connectivity index (χ3v) is 7.38. The number of halogens is 1. The third kappa shape index (κ3) is 4.12. The van der Waals surface area contributed by atoms with E-state index >= 15 is 0 Å². The molecule has 1 N–H and O–H groups in total. The number of benzene rings is 1. The molecule has 1 saturated heterocycles. The molecule has 1 aliphatic carbocycles. The van der Waals surface area contributed by atoms with Crippen molar-refractivity contribution in [2.75, 3.05) is 23.3 Å². The number of anilines is 2. The minimum Gasteiger partial charge on any atom is -0.482 e. The molecule has 2 aliphatic heterocycles. The smallest absolute Gasteiger partial charge is 0.242 e. The first-order chi connectivity index (χ1) is 16.1. The van der Waals surface area contributed by atoms with Crippen molar-refractivity contribution in [3.8, 4) is 5.75 Å². The maximum Gasteiger partial charge on any atom is 0.242 e. The van der Waals surface area contributed by atoms with E-state index in [4.69, 9.17) is 26.4 Å². The maximum absolute atomic E-state index is 6.24.